The van der Waals surface area contributed by atoms with Crippen LogP contribution in [0.15, 0.2) is 36.7 Å². The van der Waals surface area contributed by atoms with Gasteiger partial charge in [0.2, 0.25) is 0 Å². The molecule has 0 radical (unpaired) electrons. The summed E-state index contributed by atoms with van der Waals surface area (Å²) < 4.78 is 2.07. The van der Waals surface area contributed by atoms with Crippen LogP contribution in [-0.4, -0.2) is 30.2 Å². The van der Waals surface area contributed by atoms with E-state index in [4.69, 9.17) is 0 Å². The van der Waals surface area contributed by atoms with Gasteiger partial charge in [-0.05, 0) is 24.2 Å². The zero-order valence-corrected chi connectivity index (χ0v) is 12.1. The second-order valence-corrected chi connectivity index (χ2v) is 4.88. The van der Waals surface area contributed by atoms with Gasteiger partial charge in [-0.25, -0.2) is 4.98 Å². The molecule has 0 saturated heterocycles. The predicted octanol–water partition coefficient (Wildman–Crippen LogP) is 2.18. The molecule has 19 heavy (non-hydrogen) atoms. The van der Waals surface area contributed by atoms with E-state index in [-0.39, 0.29) is 6.04 Å². The number of nitrogens with one attached hydrogen (secondary N) is 1. The minimum atomic E-state index is 0.130. The Bertz CT molecular complexity index is 530. The number of nitrogens with zero attached hydrogens (tertiary/aromatic N) is 3. The van der Waals surface area contributed by atoms with E-state index in [2.05, 4.69) is 65.1 Å². The van der Waals surface area contributed by atoms with Crippen molar-refractivity contribution in [2.24, 2.45) is 7.05 Å². The van der Waals surface area contributed by atoms with E-state index in [1.54, 1.807) is 0 Å². The molecule has 1 atom stereocenters. The molecule has 1 N–H and O–H groups in total. The molecule has 4 heteroatoms. The topological polar surface area (TPSA) is 33.1 Å². The Morgan fingerprint density at radius 1 is 1.37 bits per heavy atom. The zero-order valence-electron chi connectivity index (χ0n) is 12.1. The Hall–Kier alpha value is -1.81. The van der Waals surface area contributed by atoms with Gasteiger partial charge < -0.3 is 14.8 Å². The Kier molecular flexibility index (Phi) is 4.22. The second kappa shape index (κ2) is 5.89. The van der Waals surface area contributed by atoms with Gasteiger partial charge in [0.25, 0.3) is 0 Å². The van der Waals surface area contributed by atoms with Crippen LogP contribution in [0.3, 0.4) is 0 Å². The van der Waals surface area contributed by atoms with Crippen LogP contribution in [0, 0.1) is 0 Å². The Morgan fingerprint density at radius 2 is 2.16 bits per heavy atom. The molecule has 1 aromatic heterocycles. The molecule has 0 fully saturated rings. The van der Waals surface area contributed by atoms with Crippen molar-refractivity contribution < 1.29 is 0 Å². The average molecular weight is 258 g/mol. The number of hydrogen-bond acceptors (Lipinski definition) is 3. The third kappa shape index (κ3) is 2.96. The van der Waals surface area contributed by atoms with Gasteiger partial charge in [-0.3, -0.25) is 0 Å². The minimum absolute atomic E-state index is 0.130. The summed E-state index contributed by atoms with van der Waals surface area (Å²) >= 11 is 0. The van der Waals surface area contributed by atoms with E-state index in [0.717, 1.165) is 12.4 Å². The molecule has 0 aliphatic heterocycles. The van der Waals surface area contributed by atoms with Gasteiger partial charge in [0.15, 0.2) is 0 Å². The summed E-state index contributed by atoms with van der Waals surface area (Å²) in [6.07, 6.45) is 3.82. The Labute approximate surface area is 115 Å². The summed E-state index contributed by atoms with van der Waals surface area (Å²) in [6, 6.07) is 8.70. The first-order valence-corrected chi connectivity index (χ1v) is 6.61. The number of benzene rings is 1. The average Bonchev–Trinajstić information content (AvgIpc) is 2.82. The van der Waals surface area contributed by atoms with Gasteiger partial charge in [-0.2, -0.15) is 0 Å². The third-order valence-corrected chi connectivity index (χ3v) is 3.24. The van der Waals surface area contributed by atoms with Crippen LogP contribution in [0.25, 0.3) is 0 Å². The van der Waals surface area contributed by atoms with Crippen molar-refractivity contribution >= 4 is 5.69 Å². The Balaban J connectivity index is 2.39. The fourth-order valence-corrected chi connectivity index (χ4v) is 2.20. The minimum Gasteiger partial charge on any atom is -0.378 e. The number of anilines is 1. The highest BCUT2D eigenvalue weighted by atomic mass is 15.1. The summed E-state index contributed by atoms with van der Waals surface area (Å²) in [5, 5.41) is 3.51. The normalized spacial score (nSPS) is 12.4. The van der Waals surface area contributed by atoms with E-state index in [0.29, 0.717) is 0 Å². The SMILES string of the molecule is CCNC(c1cccc(N(C)C)c1)c1nccn1C. The van der Waals surface area contributed by atoms with Crippen LogP contribution in [-0.2, 0) is 7.05 Å². The molecule has 1 aromatic carbocycles. The lowest BCUT2D eigenvalue weighted by Crippen LogP contribution is -2.25. The van der Waals surface area contributed by atoms with Crippen LogP contribution in [0.5, 0.6) is 0 Å². The van der Waals surface area contributed by atoms with Crippen molar-refractivity contribution in [2.75, 3.05) is 25.5 Å². The van der Waals surface area contributed by atoms with E-state index in [9.17, 15) is 0 Å². The maximum atomic E-state index is 4.47. The van der Waals surface area contributed by atoms with Gasteiger partial charge in [-0.1, -0.05) is 19.1 Å². The largest absolute Gasteiger partial charge is 0.378 e. The molecule has 0 aliphatic rings. The molecule has 0 amide bonds. The van der Waals surface area contributed by atoms with Crippen LogP contribution >= 0.6 is 0 Å². The highest BCUT2D eigenvalue weighted by Gasteiger charge is 2.17. The van der Waals surface area contributed by atoms with Crippen molar-refractivity contribution in [1.82, 2.24) is 14.9 Å². The first-order valence-electron chi connectivity index (χ1n) is 6.61. The van der Waals surface area contributed by atoms with Crippen LogP contribution in [0.1, 0.15) is 24.4 Å². The number of aromatic nitrogens is 2. The van der Waals surface area contributed by atoms with E-state index < -0.39 is 0 Å². The fraction of sp³-hybridized carbons (Fsp3) is 0.400. The first kappa shape index (κ1) is 13.6. The zero-order chi connectivity index (χ0) is 13.8. The monoisotopic (exact) mass is 258 g/mol. The third-order valence-electron chi connectivity index (χ3n) is 3.24. The van der Waals surface area contributed by atoms with Crippen molar-refractivity contribution in [3.8, 4) is 0 Å². The quantitative estimate of drug-likeness (QED) is 0.892. The molecule has 0 aliphatic carbocycles. The van der Waals surface area contributed by atoms with E-state index >= 15 is 0 Å². The van der Waals surface area contributed by atoms with Crippen molar-refractivity contribution in [3.63, 3.8) is 0 Å². The molecule has 2 rings (SSSR count). The molecule has 1 unspecified atom stereocenters. The molecular weight excluding hydrogens is 236 g/mol. The Morgan fingerprint density at radius 3 is 2.74 bits per heavy atom. The summed E-state index contributed by atoms with van der Waals surface area (Å²) in [6.45, 7) is 3.02. The molecule has 4 nitrogen and oxygen atoms in total. The number of hydrogen-bond donors (Lipinski definition) is 1. The molecule has 0 bridgehead atoms. The van der Waals surface area contributed by atoms with Crippen molar-refractivity contribution in [3.05, 3.63) is 48.0 Å². The number of imidazole rings is 1. The predicted molar refractivity (Wildman–Crippen MR) is 79.5 cm³/mol. The van der Waals surface area contributed by atoms with Crippen LogP contribution < -0.4 is 10.2 Å². The molecule has 102 valence electrons. The highest BCUT2D eigenvalue weighted by Crippen LogP contribution is 2.23. The van der Waals surface area contributed by atoms with Crippen LogP contribution in [0.2, 0.25) is 0 Å². The standard InChI is InChI=1S/C15H22N4/c1-5-16-14(15-17-9-10-19(15)4)12-7-6-8-13(11-12)18(2)3/h6-11,14,16H,5H2,1-4H3. The lowest BCUT2D eigenvalue weighted by atomic mass is 10.0. The van der Waals surface area contributed by atoms with Gasteiger partial charge in [0, 0.05) is 39.2 Å². The second-order valence-electron chi connectivity index (χ2n) is 4.88. The van der Waals surface area contributed by atoms with Gasteiger partial charge >= 0.3 is 0 Å². The molecular formula is C15H22N4. The van der Waals surface area contributed by atoms with Gasteiger partial charge in [-0.15, -0.1) is 0 Å². The van der Waals surface area contributed by atoms with E-state index in [1.165, 1.54) is 11.3 Å². The van der Waals surface area contributed by atoms with Gasteiger partial charge in [0.05, 0.1) is 6.04 Å². The summed E-state index contributed by atoms with van der Waals surface area (Å²) in [5.41, 5.74) is 2.44. The summed E-state index contributed by atoms with van der Waals surface area (Å²) in [7, 11) is 6.15. The lowest BCUT2D eigenvalue weighted by molar-refractivity contribution is 0.577. The molecule has 2 aromatic rings. The maximum Gasteiger partial charge on any atom is 0.130 e. The van der Waals surface area contributed by atoms with Crippen molar-refractivity contribution in [2.45, 2.75) is 13.0 Å². The first-order chi connectivity index (χ1) is 9.13. The smallest absolute Gasteiger partial charge is 0.130 e. The highest BCUT2D eigenvalue weighted by molar-refractivity contribution is 5.48. The fourth-order valence-electron chi connectivity index (χ4n) is 2.20. The summed E-state index contributed by atoms with van der Waals surface area (Å²) in [5.74, 6) is 1.04. The van der Waals surface area contributed by atoms with E-state index in [1.807, 2.05) is 19.4 Å². The number of aryl methyl sites for hydroxylation is 1. The number of rotatable bonds is 5. The molecule has 0 spiro atoms. The lowest BCUT2D eigenvalue weighted by Gasteiger charge is -2.20. The van der Waals surface area contributed by atoms with Crippen molar-refractivity contribution in [1.29, 1.82) is 0 Å². The molecule has 1 heterocycles. The maximum absolute atomic E-state index is 4.47. The summed E-state index contributed by atoms with van der Waals surface area (Å²) in [4.78, 5) is 6.59. The van der Waals surface area contributed by atoms with Gasteiger partial charge in [0.1, 0.15) is 5.82 Å². The van der Waals surface area contributed by atoms with Crippen LogP contribution in [0.4, 0.5) is 5.69 Å². The molecule has 0 saturated carbocycles.